The minimum atomic E-state index is -0.726. The maximum atomic E-state index is 12.4. The number of aliphatic carboxylic acids is 1. The molecule has 1 atom stereocenters. The Balaban J connectivity index is 3.93. The highest BCUT2D eigenvalue weighted by Gasteiger charge is 2.11. The predicted molar refractivity (Wildman–Crippen MR) is 162 cm³/mol. The van der Waals surface area contributed by atoms with Crippen LogP contribution in [0.15, 0.2) is 36.5 Å². The summed E-state index contributed by atoms with van der Waals surface area (Å²) in [4.78, 5) is 23.1. The van der Waals surface area contributed by atoms with E-state index in [4.69, 9.17) is 9.84 Å². The van der Waals surface area contributed by atoms with Crippen molar-refractivity contribution in [3.05, 3.63) is 36.5 Å². The summed E-state index contributed by atoms with van der Waals surface area (Å²) in [5.74, 6) is -0.809. The standard InChI is InChI=1S/C34H60O4/c1-3-5-7-9-10-11-12-13-14-15-16-17-18-19-21-27-31-34(37)38-32(28-24-20-8-6-4-2)29-25-22-23-26-30-33(35)36/h11-12,14-15,24,28,32H,3-10,13,16-23,25-27,29-31H2,1-2H3,(H,35,36)/b12-11-,15-14-,28-24-. The van der Waals surface area contributed by atoms with Crippen molar-refractivity contribution in [2.45, 2.75) is 168 Å². The number of rotatable bonds is 28. The first kappa shape index (κ1) is 36.2. The Kier molecular flexibility index (Phi) is 28.3. The zero-order valence-corrected chi connectivity index (χ0v) is 25.0. The molecule has 1 N–H and O–H groups in total. The highest BCUT2D eigenvalue weighted by atomic mass is 16.5. The van der Waals surface area contributed by atoms with Gasteiger partial charge >= 0.3 is 11.9 Å². The van der Waals surface area contributed by atoms with Crippen LogP contribution in [0.25, 0.3) is 0 Å². The lowest BCUT2D eigenvalue weighted by Crippen LogP contribution is -2.16. The van der Waals surface area contributed by atoms with Gasteiger partial charge in [0.25, 0.3) is 0 Å². The van der Waals surface area contributed by atoms with Crippen molar-refractivity contribution in [1.82, 2.24) is 0 Å². The zero-order valence-electron chi connectivity index (χ0n) is 25.0. The molecule has 0 radical (unpaired) electrons. The molecule has 0 aromatic carbocycles. The maximum absolute atomic E-state index is 12.4. The molecule has 0 saturated heterocycles. The molecule has 0 aliphatic carbocycles. The monoisotopic (exact) mass is 532 g/mol. The van der Waals surface area contributed by atoms with Crippen LogP contribution >= 0.6 is 0 Å². The molecule has 1 unspecified atom stereocenters. The minimum absolute atomic E-state index is 0.0829. The van der Waals surface area contributed by atoms with E-state index in [1.165, 1.54) is 70.6 Å². The Morgan fingerprint density at radius 1 is 0.605 bits per heavy atom. The third-order valence-corrected chi connectivity index (χ3v) is 6.82. The van der Waals surface area contributed by atoms with E-state index in [0.29, 0.717) is 6.42 Å². The number of carboxylic acids is 1. The fourth-order valence-electron chi connectivity index (χ4n) is 4.42. The fraction of sp³-hybridized carbons (Fsp3) is 0.765. The van der Waals surface area contributed by atoms with Gasteiger partial charge in [0, 0.05) is 12.8 Å². The molecule has 0 rings (SSSR count). The quantitative estimate of drug-likeness (QED) is 0.0618. The van der Waals surface area contributed by atoms with E-state index in [2.05, 4.69) is 50.3 Å². The molecular formula is C34H60O4. The Bertz CT molecular complexity index is 620. The predicted octanol–water partition coefficient (Wildman–Crippen LogP) is 10.7. The lowest BCUT2D eigenvalue weighted by Gasteiger charge is -2.15. The first-order valence-electron chi connectivity index (χ1n) is 16.0. The number of esters is 1. The van der Waals surface area contributed by atoms with Crippen LogP contribution in [0.4, 0.5) is 0 Å². The second-order valence-corrected chi connectivity index (χ2v) is 10.6. The van der Waals surface area contributed by atoms with Crippen molar-refractivity contribution in [1.29, 1.82) is 0 Å². The highest BCUT2D eigenvalue weighted by molar-refractivity contribution is 5.69. The molecule has 0 amide bonds. The van der Waals surface area contributed by atoms with Crippen LogP contribution in [0, 0.1) is 0 Å². The summed E-state index contributed by atoms with van der Waals surface area (Å²) in [6.07, 6.45) is 37.4. The molecule has 0 bridgehead atoms. The third kappa shape index (κ3) is 28.7. The number of carbonyl (C=O) groups excluding carboxylic acids is 1. The van der Waals surface area contributed by atoms with Crippen molar-refractivity contribution in [2.24, 2.45) is 0 Å². The lowest BCUT2D eigenvalue weighted by molar-refractivity contribution is -0.147. The van der Waals surface area contributed by atoms with Gasteiger partial charge in [-0.2, -0.15) is 0 Å². The van der Waals surface area contributed by atoms with Crippen molar-refractivity contribution >= 4 is 11.9 Å². The molecule has 0 heterocycles. The molecular weight excluding hydrogens is 472 g/mol. The summed E-state index contributed by atoms with van der Waals surface area (Å²) < 4.78 is 5.79. The van der Waals surface area contributed by atoms with E-state index in [1.807, 2.05) is 0 Å². The van der Waals surface area contributed by atoms with Gasteiger partial charge in [0.1, 0.15) is 6.10 Å². The molecule has 4 nitrogen and oxygen atoms in total. The number of ether oxygens (including phenoxy) is 1. The summed E-state index contributed by atoms with van der Waals surface area (Å²) >= 11 is 0. The van der Waals surface area contributed by atoms with Gasteiger partial charge in [-0.1, -0.05) is 108 Å². The smallest absolute Gasteiger partial charge is 0.306 e. The van der Waals surface area contributed by atoms with Crippen molar-refractivity contribution in [2.75, 3.05) is 0 Å². The Morgan fingerprint density at radius 2 is 1.11 bits per heavy atom. The van der Waals surface area contributed by atoms with Gasteiger partial charge in [0.05, 0.1) is 0 Å². The van der Waals surface area contributed by atoms with Crippen molar-refractivity contribution < 1.29 is 19.4 Å². The zero-order chi connectivity index (χ0) is 27.9. The Morgan fingerprint density at radius 3 is 1.76 bits per heavy atom. The lowest BCUT2D eigenvalue weighted by atomic mass is 10.1. The van der Waals surface area contributed by atoms with E-state index < -0.39 is 5.97 Å². The highest BCUT2D eigenvalue weighted by Crippen LogP contribution is 2.14. The van der Waals surface area contributed by atoms with Crippen LogP contribution in [-0.2, 0) is 14.3 Å². The van der Waals surface area contributed by atoms with Gasteiger partial charge in [-0.15, -0.1) is 0 Å². The van der Waals surface area contributed by atoms with Crippen molar-refractivity contribution in [3.8, 4) is 0 Å². The van der Waals surface area contributed by atoms with Gasteiger partial charge in [0.15, 0.2) is 0 Å². The summed E-state index contributed by atoms with van der Waals surface area (Å²) in [6, 6.07) is 0. The van der Waals surface area contributed by atoms with Gasteiger partial charge in [-0.3, -0.25) is 9.59 Å². The van der Waals surface area contributed by atoms with Crippen LogP contribution in [0.5, 0.6) is 0 Å². The van der Waals surface area contributed by atoms with E-state index in [0.717, 1.165) is 64.2 Å². The average Bonchev–Trinajstić information content (AvgIpc) is 2.89. The maximum Gasteiger partial charge on any atom is 0.306 e. The van der Waals surface area contributed by atoms with Crippen LogP contribution in [0.3, 0.4) is 0 Å². The molecule has 0 aliphatic rings. The van der Waals surface area contributed by atoms with Gasteiger partial charge < -0.3 is 9.84 Å². The number of hydrogen-bond donors (Lipinski definition) is 1. The van der Waals surface area contributed by atoms with Crippen LogP contribution in [-0.4, -0.2) is 23.1 Å². The minimum Gasteiger partial charge on any atom is -0.481 e. The molecule has 0 fully saturated rings. The molecule has 38 heavy (non-hydrogen) atoms. The number of hydrogen-bond acceptors (Lipinski definition) is 3. The van der Waals surface area contributed by atoms with Gasteiger partial charge in [-0.05, 0) is 76.7 Å². The SMILES string of the molecule is CCCCC/C=C\C(CCCCCCC(=O)O)OC(=O)CCCCCCC/C=C\C/C=C\CCCCCC. The number of allylic oxidation sites excluding steroid dienone is 5. The molecule has 0 spiro atoms. The first-order chi connectivity index (χ1) is 18.6. The van der Waals surface area contributed by atoms with E-state index >= 15 is 0 Å². The Hall–Kier alpha value is -1.84. The molecule has 0 aromatic rings. The summed E-state index contributed by atoms with van der Waals surface area (Å²) in [5, 5.41) is 8.75. The topological polar surface area (TPSA) is 63.6 Å². The van der Waals surface area contributed by atoms with E-state index in [9.17, 15) is 9.59 Å². The average molecular weight is 533 g/mol. The third-order valence-electron chi connectivity index (χ3n) is 6.82. The Labute approximate surface area is 235 Å². The molecule has 4 heteroatoms. The number of carboxylic acid groups (broad SMARTS) is 1. The second kappa shape index (κ2) is 29.7. The first-order valence-corrected chi connectivity index (χ1v) is 16.0. The van der Waals surface area contributed by atoms with E-state index in [-0.39, 0.29) is 18.5 Å². The van der Waals surface area contributed by atoms with Crippen LogP contribution in [0.2, 0.25) is 0 Å². The molecule has 0 saturated carbocycles. The largest absolute Gasteiger partial charge is 0.481 e. The summed E-state index contributed by atoms with van der Waals surface area (Å²) in [6.45, 7) is 4.45. The van der Waals surface area contributed by atoms with Crippen LogP contribution < -0.4 is 0 Å². The van der Waals surface area contributed by atoms with Crippen molar-refractivity contribution in [3.63, 3.8) is 0 Å². The molecule has 220 valence electrons. The molecule has 0 aliphatic heterocycles. The number of carbonyl (C=O) groups is 2. The summed E-state index contributed by atoms with van der Waals surface area (Å²) in [7, 11) is 0. The van der Waals surface area contributed by atoms with Gasteiger partial charge in [-0.25, -0.2) is 0 Å². The van der Waals surface area contributed by atoms with Crippen LogP contribution in [0.1, 0.15) is 162 Å². The fourth-order valence-corrected chi connectivity index (χ4v) is 4.42. The second-order valence-electron chi connectivity index (χ2n) is 10.6. The summed E-state index contributed by atoms with van der Waals surface area (Å²) in [5.41, 5.74) is 0. The van der Waals surface area contributed by atoms with E-state index in [1.54, 1.807) is 0 Å². The van der Waals surface area contributed by atoms with Gasteiger partial charge in [0.2, 0.25) is 0 Å². The normalized spacial score (nSPS) is 12.7. The molecule has 0 aromatic heterocycles. The number of unbranched alkanes of at least 4 members (excludes halogenated alkanes) is 15.